The summed E-state index contributed by atoms with van der Waals surface area (Å²) in [6, 6.07) is 9.48. The number of ether oxygens (including phenoxy) is 1. The van der Waals surface area contributed by atoms with Crippen LogP contribution in [0.1, 0.15) is 24.8 Å². The van der Waals surface area contributed by atoms with Gasteiger partial charge in [0.2, 0.25) is 0 Å². The molecule has 1 aliphatic heterocycles. The summed E-state index contributed by atoms with van der Waals surface area (Å²) in [4.78, 5) is 13.2. The standard InChI is InChI=1S/C13H16N2O3/c16-13(15-9-5-4-8-12(15)14-17)18-10-11-6-2-1-3-7-11/h1-3,6-7,17H,4-5,8-10H2. The highest BCUT2D eigenvalue weighted by Crippen LogP contribution is 2.14. The van der Waals surface area contributed by atoms with E-state index in [4.69, 9.17) is 9.94 Å². The van der Waals surface area contributed by atoms with Crippen LogP contribution in [0.5, 0.6) is 0 Å². The third-order valence-electron chi connectivity index (χ3n) is 2.88. The maximum atomic E-state index is 11.9. The molecule has 2 rings (SSSR count). The number of likely N-dealkylation sites (tertiary alicyclic amines) is 1. The summed E-state index contributed by atoms with van der Waals surface area (Å²) in [5.41, 5.74) is 0.936. The SMILES string of the molecule is O=C(OCc1ccccc1)N1CCCCC1=NO. The zero-order valence-electron chi connectivity index (χ0n) is 10.1. The van der Waals surface area contributed by atoms with Crippen LogP contribution < -0.4 is 0 Å². The summed E-state index contributed by atoms with van der Waals surface area (Å²) in [6.45, 7) is 0.780. The molecular weight excluding hydrogens is 232 g/mol. The lowest BCUT2D eigenvalue weighted by molar-refractivity contribution is 0.111. The van der Waals surface area contributed by atoms with Crippen molar-refractivity contribution in [1.29, 1.82) is 0 Å². The average Bonchev–Trinajstić information content (AvgIpc) is 2.45. The number of carbonyl (C=O) groups excluding carboxylic acids is 1. The van der Waals surface area contributed by atoms with Gasteiger partial charge in [-0.15, -0.1) is 0 Å². The van der Waals surface area contributed by atoms with E-state index in [-0.39, 0.29) is 6.61 Å². The first-order chi connectivity index (χ1) is 8.81. The van der Waals surface area contributed by atoms with Crippen LogP contribution >= 0.6 is 0 Å². The Kier molecular flexibility index (Phi) is 4.17. The van der Waals surface area contributed by atoms with E-state index in [2.05, 4.69) is 5.16 Å². The van der Waals surface area contributed by atoms with Gasteiger partial charge >= 0.3 is 6.09 Å². The summed E-state index contributed by atoms with van der Waals surface area (Å²) in [7, 11) is 0. The van der Waals surface area contributed by atoms with Gasteiger partial charge in [0.25, 0.3) is 0 Å². The van der Waals surface area contributed by atoms with Crippen molar-refractivity contribution in [2.24, 2.45) is 5.16 Å². The Bertz CT molecular complexity index is 431. The number of amidine groups is 1. The smallest absolute Gasteiger partial charge is 0.415 e. The van der Waals surface area contributed by atoms with Crippen LogP contribution in [0.3, 0.4) is 0 Å². The van der Waals surface area contributed by atoms with E-state index in [0.29, 0.717) is 18.8 Å². The van der Waals surface area contributed by atoms with Crippen LogP contribution in [0.4, 0.5) is 4.79 Å². The Morgan fingerprint density at radius 2 is 2.11 bits per heavy atom. The molecule has 0 saturated carbocycles. The number of benzene rings is 1. The minimum Gasteiger partial charge on any atom is -0.444 e. The lowest BCUT2D eigenvalue weighted by Crippen LogP contribution is -2.40. The van der Waals surface area contributed by atoms with Crippen molar-refractivity contribution in [3.8, 4) is 0 Å². The largest absolute Gasteiger partial charge is 0.444 e. The Balaban J connectivity index is 1.91. The number of amides is 1. The molecule has 1 amide bonds. The summed E-state index contributed by atoms with van der Waals surface area (Å²) < 4.78 is 5.19. The predicted octanol–water partition coefficient (Wildman–Crippen LogP) is 2.60. The second-order valence-corrected chi connectivity index (χ2v) is 4.17. The predicted molar refractivity (Wildman–Crippen MR) is 66.4 cm³/mol. The number of hydrogen-bond acceptors (Lipinski definition) is 4. The zero-order valence-corrected chi connectivity index (χ0v) is 10.1. The average molecular weight is 248 g/mol. The van der Waals surface area contributed by atoms with Crippen molar-refractivity contribution in [1.82, 2.24) is 4.90 Å². The molecule has 18 heavy (non-hydrogen) atoms. The molecular formula is C13H16N2O3. The van der Waals surface area contributed by atoms with Gasteiger partial charge in [0.1, 0.15) is 6.61 Å². The van der Waals surface area contributed by atoms with Gasteiger partial charge < -0.3 is 9.94 Å². The van der Waals surface area contributed by atoms with Gasteiger partial charge in [-0.25, -0.2) is 4.79 Å². The van der Waals surface area contributed by atoms with Gasteiger partial charge in [-0.05, 0) is 18.4 Å². The van der Waals surface area contributed by atoms with Gasteiger partial charge in [-0.3, -0.25) is 4.90 Å². The van der Waals surface area contributed by atoms with E-state index in [9.17, 15) is 4.79 Å². The second kappa shape index (κ2) is 6.05. The molecule has 0 unspecified atom stereocenters. The van der Waals surface area contributed by atoms with Crippen molar-refractivity contribution in [3.63, 3.8) is 0 Å². The number of carbonyl (C=O) groups is 1. The molecule has 0 atom stereocenters. The third kappa shape index (κ3) is 3.00. The van der Waals surface area contributed by atoms with E-state index < -0.39 is 6.09 Å². The molecule has 0 aliphatic carbocycles. The lowest BCUT2D eigenvalue weighted by atomic mass is 10.1. The summed E-state index contributed by atoms with van der Waals surface area (Å²) in [5, 5.41) is 12.0. The lowest BCUT2D eigenvalue weighted by Gasteiger charge is -2.26. The molecule has 1 aromatic carbocycles. The Morgan fingerprint density at radius 3 is 2.83 bits per heavy atom. The molecule has 1 aromatic rings. The molecule has 1 aliphatic rings. The molecule has 1 saturated heterocycles. The summed E-state index contributed by atoms with van der Waals surface area (Å²) >= 11 is 0. The highest BCUT2D eigenvalue weighted by molar-refractivity contribution is 5.95. The summed E-state index contributed by atoms with van der Waals surface area (Å²) in [6.07, 6.45) is 1.99. The Hall–Kier alpha value is -2.04. The molecule has 0 spiro atoms. The molecule has 5 heteroatoms. The van der Waals surface area contributed by atoms with Crippen molar-refractivity contribution in [3.05, 3.63) is 35.9 Å². The van der Waals surface area contributed by atoms with Gasteiger partial charge in [-0.1, -0.05) is 35.5 Å². The molecule has 1 heterocycles. The number of hydrogen-bond donors (Lipinski definition) is 1. The maximum absolute atomic E-state index is 11.9. The molecule has 96 valence electrons. The van der Waals surface area contributed by atoms with Crippen LogP contribution in [0.2, 0.25) is 0 Å². The number of piperidine rings is 1. The molecule has 1 N–H and O–H groups in total. The van der Waals surface area contributed by atoms with Crippen molar-refractivity contribution < 1.29 is 14.7 Å². The highest BCUT2D eigenvalue weighted by atomic mass is 16.6. The van der Waals surface area contributed by atoms with E-state index >= 15 is 0 Å². The van der Waals surface area contributed by atoms with E-state index in [1.165, 1.54) is 4.90 Å². The van der Waals surface area contributed by atoms with Gasteiger partial charge in [0, 0.05) is 13.0 Å². The third-order valence-corrected chi connectivity index (χ3v) is 2.88. The normalized spacial score (nSPS) is 17.8. The summed E-state index contributed by atoms with van der Waals surface area (Å²) in [5.74, 6) is 0.388. The monoisotopic (exact) mass is 248 g/mol. The first-order valence-electron chi connectivity index (χ1n) is 6.00. The van der Waals surface area contributed by atoms with Gasteiger partial charge in [0.15, 0.2) is 5.84 Å². The fraction of sp³-hybridized carbons (Fsp3) is 0.385. The fourth-order valence-corrected chi connectivity index (χ4v) is 1.91. The maximum Gasteiger partial charge on any atom is 0.415 e. The Morgan fingerprint density at radius 1 is 1.33 bits per heavy atom. The minimum atomic E-state index is -0.452. The van der Waals surface area contributed by atoms with Crippen LogP contribution in [-0.4, -0.2) is 28.6 Å². The van der Waals surface area contributed by atoms with E-state index in [1.54, 1.807) is 0 Å². The van der Waals surface area contributed by atoms with E-state index in [1.807, 2.05) is 30.3 Å². The van der Waals surface area contributed by atoms with Crippen molar-refractivity contribution in [2.45, 2.75) is 25.9 Å². The van der Waals surface area contributed by atoms with Crippen LogP contribution in [0, 0.1) is 0 Å². The number of rotatable bonds is 2. The minimum absolute atomic E-state index is 0.231. The highest BCUT2D eigenvalue weighted by Gasteiger charge is 2.24. The van der Waals surface area contributed by atoms with Crippen LogP contribution in [-0.2, 0) is 11.3 Å². The molecule has 1 fully saturated rings. The first kappa shape index (κ1) is 12.4. The zero-order chi connectivity index (χ0) is 12.8. The number of nitrogens with zero attached hydrogens (tertiary/aromatic N) is 2. The van der Waals surface area contributed by atoms with Crippen molar-refractivity contribution in [2.75, 3.05) is 6.54 Å². The van der Waals surface area contributed by atoms with Gasteiger partial charge in [-0.2, -0.15) is 0 Å². The first-order valence-corrected chi connectivity index (χ1v) is 6.00. The molecule has 0 aromatic heterocycles. The topological polar surface area (TPSA) is 62.1 Å². The molecule has 0 radical (unpaired) electrons. The van der Waals surface area contributed by atoms with Crippen LogP contribution in [0.25, 0.3) is 0 Å². The number of oxime groups is 1. The van der Waals surface area contributed by atoms with Crippen molar-refractivity contribution >= 4 is 11.9 Å². The van der Waals surface area contributed by atoms with E-state index in [0.717, 1.165) is 18.4 Å². The second-order valence-electron chi connectivity index (χ2n) is 4.17. The fourth-order valence-electron chi connectivity index (χ4n) is 1.91. The molecule has 5 nitrogen and oxygen atoms in total. The van der Waals surface area contributed by atoms with Gasteiger partial charge in [0.05, 0.1) is 0 Å². The van der Waals surface area contributed by atoms with Crippen LogP contribution in [0.15, 0.2) is 35.5 Å². The Labute approximate surface area is 106 Å². The quantitative estimate of drug-likeness (QED) is 0.646. The molecule has 0 bridgehead atoms.